The Balaban J connectivity index is 3.17. The summed E-state index contributed by atoms with van der Waals surface area (Å²) in [5.41, 5.74) is 6.12. The number of hydrogen-bond acceptors (Lipinski definition) is 9. The van der Waals surface area contributed by atoms with Crippen molar-refractivity contribution in [3.8, 4) is 5.75 Å². The van der Waals surface area contributed by atoms with Crippen molar-refractivity contribution in [3.63, 3.8) is 0 Å². The van der Waals surface area contributed by atoms with Gasteiger partial charge in [0.1, 0.15) is 29.9 Å². The Bertz CT molecular complexity index is 943. The van der Waals surface area contributed by atoms with Gasteiger partial charge in [-0.2, -0.15) is 11.8 Å². The number of aliphatic carboxylic acids is 2. The second-order valence-corrected chi connectivity index (χ2v) is 9.36. The summed E-state index contributed by atoms with van der Waals surface area (Å²) in [5.74, 6) is -4.66. The highest BCUT2D eigenvalue weighted by atomic mass is 32.2. The number of carboxylic acid groups (broad SMARTS) is 2. The number of carboxylic acids is 2. The first-order valence-electron chi connectivity index (χ1n) is 11.4. The van der Waals surface area contributed by atoms with Crippen molar-refractivity contribution in [2.45, 2.75) is 62.9 Å². The monoisotopic (exact) mass is 542 g/mol. The zero-order valence-corrected chi connectivity index (χ0v) is 21.4. The third kappa shape index (κ3) is 11.5. The Labute approximate surface area is 218 Å². The van der Waals surface area contributed by atoms with E-state index in [1.807, 2.05) is 0 Å². The van der Waals surface area contributed by atoms with E-state index in [0.29, 0.717) is 11.3 Å². The number of hydrogen-bond donors (Lipinski definition) is 8. The van der Waals surface area contributed by atoms with E-state index in [-0.39, 0.29) is 25.0 Å². The van der Waals surface area contributed by atoms with E-state index in [2.05, 4.69) is 16.0 Å². The highest BCUT2D eigenvalue weighted by Gasteiger charge is 2.31. The average molecular weight is 543 g/mol. The van der Waals surface area contributed by atoms with Crippen LogP contribution in [0.2, 0.25) is 0 Å². The largest absolute Gasteiger partial charge is 0.508 e. The van der Waals surface area contributed by atoms with E-state index < -0.39 is 66.4 Å². The normalized spacial score (nSPS) is 14.9. The third-order valence-corrected chi connectivity index (χ3v) is 5.98. The summed E-state index contributed by atoms with van der Waals surface area (Å²) >= 11 is 1.39. The van der Waals surface area contributed by atoms with Gasteiger partial charge in [0.25, 0.3) is 0 Å². The number of rotatable bonds is 16. The number of phenolic OH excluding ortho intramolecular Hbond substituents is 1. The van der Waals surface area contributed by atoms with Crippen LogP contribution in [-0.2, 0) is 30.4 Å². The van der Waals surface area contributed by atoms with Gasteiger partial charge in [0.15, 0.2) is 0 Å². The molecule has 0 aliphatic rings. The summed E-state index contributed by atoms with van der Waals surface area (Å²) < 4.78 is 0. The van der Waals surface area contributed by atoms with E-state index in [1.54, 1.807) is 6.26 Å². The molecule has 0 radical (unpaired) electrons. The zero-order chi connectivity index (χ0) is 28.1. The smallest absolute Gasteiger partial charge is 0.326 e. The van der Waals surface area contributed by atoms with E-state index in [9.17, 15) is 39.3 Å². The second kappa shape index (κ2) is 15.7. The Morgan fingerprint density at radius 3 is 1.95 bits per heavy atom. The van der Waals surface area contributed by atoms with Gasteiger partial charge in [0.05, 0.1) is 6.10 Å². The molecule has 9 N–H and O–H groups in total. The lowest BCUT2D eigenvalue weighted by atomic mass is 10.0. The van der Waals surface area contributed by atoms with Crippen molar-refractivity contribution in [1.29, 1.82) is 0 Å². The molecule has 0 aliphatic carbocycles. The third-order valence-electron chi connectivity index (χ3n) is 5.34. The molecule has 0 aliphatic heterocycles. The molecule has 1 aromatic carbocycles. The minimum Gasteiger partial charge on any atom is -0.508 e. The number of aromatic hydroxyl groups is 1. The van der Waals surface area contributed by atoms with Gasteiger partial charge in [0, 0.05) is 12.8 Å². The Morgan fingerprint density at radius 2 is 1.43 bits per heavy atom. The molecule has 0 saturated carbocycles. The van der Waals surface area contributed by atoms with Gasteiger partial charge < -0.3 is 42.1 Å². The van der Waals surface area contributed by atoms with Gasteiger partial charge in [-0.3, -0.25) is 19.2 Å². The van der Waals surface area contributed by atoms with Crippen LogP contribution < -0.4 is 21.7 Å². The molecule has 3 amide bonds. The topological polar surface area (TPSA) is 228 Å². The van der Waals surface area contributed by atoms with Crippen molar-refractivity contribution in [2.24, 2.45) is 5.73 Å². The first kappa shape index (κ1) is 31.7. The van der Waals surface area contributed by atoms with E-state index in [1.165, 1.54) is 43.0 Å². The predicted molar refractivity (Wildman–Crippen MR) is 135 cm³/mol. The Hall–Kier alpha value is -3.36. The summed E-state index contributed by atoms with van der Waals surface area (Å²) in [7, 11) is 0. The molecule has 1 aromatic rings. The van der Waals surface area contributed by atoms with Crippen LogP contribution in [-0.4, -0.2) is 92.4 Å². The van der Waals surface area contributed by atoms with Crippen molar-refractivity contribution >= 4 is 41.4 Å². The predicted octanol–water partition coefficient (Wildman–Crippen LogP) is -1.20. The van der Waals surface area contributed by atoms with Crippen LogP contribution in [0.5, 0.6) is 5.75 Å². The zero-order valence-electron chi connectivity index (χ0n) is 20.5. The summed E-state index contributed by atoms with van der Waals surface area (Å²) in [4.78, 5) is 61.1. The van der Waals surface area contributed by atoms with Crippen LogP contribution in [0.4, 0.5) is 0 Å². The number of carbonyl (C=O) groups is 5. The first-order valence-corrected chi connectivity index (χ1v) is 12.8. The van der Waals surface area contributed by atoms with Crippen molar-refractivity contribution in [3.05, 3.63) is 29.8 Å². The standard InChI is InChI=1S/C23H34N4O9S/c1-12(28)19(24)22(34)25-15(7-8-18(30)31)20(32)27-17(11-13-3-5-14(29)6-4-13)21(33)26-16(23(35)36)9-10-37-2/h3-6,12,15-17,19,28-29H,7-11,24H2,1-2H3,(H,25,34)(H,26,33)(H,27,32)(H,30,31)(H,35,36). The molecule has 14 heteroatoms. The fourth-order valence-electron chi connectivity index (χ4n) is 3.14. The lowest BCUT2D eigenvalue weighted by Gasteiger charge is -2.25. The number of phenols is 1. The van der Waals surface area contributed by atoms with Gasteiger partial charge in [-0.25, -0.2) is 4.79 Å². The minimum atomic E-state index is -1.41. The van der Waals surface area contributed by atoms with Gasteiger partial charge in [-0.05, 0) is 49.5 Å². The number of aliphatic hydroxyl groups is 1. The van der Waals surface area contributed by atoms with Crippen LogP contribution >= 0.6 is 11.8 Å². The van der Waals surface area contributed by atoms with Crippen LogP contribution in [0, 0.1) is 0 Å². The van der Waals surface area contributed by atoms with Crippen LogP contribution in [0.15, 0.2) is 24.3 Å². The minimum absolute atomic E-state index is 0.0253. The molecular formula is C23H34N4O9S. The molecule has 0 aromatic heterocycles. The Kier molecular flexibility index (Phi) is 13.4. The molecule has 0 heterocycles. The number of benzene rings is 1. The molecule has 0 spiro atoms. The highest BCUT2D eigenvalue weighted by Crippen LogP contribution is 2.12. The van der Waals surface area contributed by atoms with Crippen molar-refractivity contribution in [2.75, 3.05) is 12.0 Å². The number of nitrogens with one attached hydrogen (secondary N) is 3. The molecule has 5 unspecified atom stereocenters. The van der Waals surface area contributed by atoms with Gasteiger partial charge in [-0.1, -0.05) is 12.1 Å². The van der Waals surface area contributed by atoms with Gasteiger partial charge in [-0.15, -0.1) is 0 Å². The maximum absolute atomic E-state index is 13.1. The van der Waals surface area contributed by atoms with Gasteiger partial charge in [0.2, 0.25) is 17.7 Å². The quantitative estimate of drug-likeness (QED) is 0.124. The molecule has 1 rings (SSSR count). The van der Waals surface area contributed by atoms with Crippen LogP contribution in [0.3, 0.4) is 0 Å². The first-order chi connectivity index (χ1) is 17.3. The maximum atomic E-state index is 13.1. The lowest BCUT2D eigenvalue weighted by molar-refractivity contribution is -0.142. The molecule has 13 nitrogen and oxygen atoms in total. The molecule has 0 fully saturated rings. The average Bonchev–Trinajstić information content (AvgIpc) is 2.83. The van der Waals surface area contributed by atoms with E-state index in [4.69, 9.17) is 10.8 Å². The summed E-state index contributed by atoms with van der Waals surface area (Å²) in [6.07, 6.45) is -0.254. The molecule has 5 atom stereocenters. The fourth-order valence-corrected chi connectivity index (χ4v) is 3.61. The highest BCUT2D eigenvalue weighted by molar-refractivity contribution is 7.98. The number of amides is 3. The fraction of sp³-hybridized carbons (Fsp3) is 0.522. The van der Waals surface area contributed by atoms with E-state index in [0.717, 1.165) is 0 Å². The van der Waals surface area contributed by atoms with Crippen molar-refractivity contribution < 1.29 is 44.4 Å². The summed E-state index contributed by atoms with van der Waals surface area (Å²) in [6, 6.07) is 0.453. The number of thioether (sulfide) groups is 1. The summed E-state index contributed by atoms with van der Waals surface area (Å²) in [5, 5.41) is 44.7. The molecule has 0 saturated heterocycles. The molecule has 0 bridgehead atoms. The SMILES string of the molecule is CSCCC(NC(=O)C(Cc1ccc(O)cc1)NC(=O)C(CCC(=O)O)NC(=O)C(N)C(C)O)C(=O)O. The molecule has 37 heavy (non-hydrogen) atoms. The Morgan fingerprint density at radius 1 is 0.892 bits per heavy atom. The lowest BCUT2D eigenvalue weighted by Crippen LogP contribution is -2.58. The van der Waals surface area contributed by atoms with Crippen LogP contribution in [0.1, 0.15) is 31.7 Å². The summed E-state index contributed by atoms with van der Waals surface area (Å²) in [6.45, 7) is 1.27. The molecule has 206 valence electrons. The molecular weight excluding hydrogens is 508 g/mol. The number of aliphatic hydroxyl groups excluding tert-OH is 1. The van der Waals surface area contributed by atoms with Gasteiger partial charge >= 0.3 is 11.9 Å². The second-order valence-electron chi connectivity index (χ2n) is 8.37. The van der Waals surface area contributed by atoms with E-state index >= 15 is 0 Å². The number of nitrogens with two attached hydrogens (primary N) is 1. The van der Waals surface area contributed by atoms with Crippen LogP contribution in [0.25, 0.3) is 0 Å². The van der Waals surface area contributed by atoms with Crippen molar-refractivity contribution in [1.82, 2.24) is 16.0 Å². The number of carbonyl (C=O) groups excluding carboxylic acids is 3. The maximum Gasteiger partial charge on any atom is 0.326 e.